The number of ether oxygens (including phenoxy) is 1. The third-order valence-electron chi connectivity index (χ3n) is 5.75. The van der Waals surface area contributed by atoms with Crippen molar-refractivity contribution >= 4 is 23.0 Å². The van der Waals surface area contributed by atoms with E-state index in [-0.39, 0.29) is 17.2 Å². The second kappa shape index (κ2) is 13.0. The number of esters is 1. The number of imidazole rings is 1. The number of carbonyl (C=O) groups is 2. The summed E-state index contributed by atoms with van der Waals surface area (Å²) in [6.45, 7) is 4.07. The van der Waals surface area contributed by atoms with E-state index in [0.29, 0.717) is 30.7 Å². The monoisotopic (exact) mass is 463 g/mol. The van der Waals surface area contributed by atoms with Crippen LogP contribution in [0.25, 0.3) is 11.2 Å². The molecule has 10 heteroatoms. The lowest BCUT2D eigenvalue weighted by atomic mass is 10.1. The highest BCUT2D eigenvalue weighted by Crippen LogP contribution is 2.10. The van der Waals surface area contributed by atoms with Crippen molar-refractivity contribution < 1.29 is 14.3 Å². The predicted molar refractivity (Wildman–Crippen MR) is 126 cm³/mol. The van der Waals surface area contributed by atoms with E-state index in [1.165, 1.54) is 9.13 Å². The molecule has 33 heavy (non-hydrogen) atoms. The smallest absolute Gasteiger partial charge is 0.332 e. The van der Waals surface area contributed by atoms with E-state index in [1.807, 2.05) is 0 Å². The van der Waals surface area contributed by atoms with E-state index in [0.717, 1.165) is 51.4 Å². The highest BCUT2D eigenvalue weighted by molar-refractivity contribution is 5.84. The topological polar surface area (TPSA) is 117 Å². The van der Waals surface area contributed by atoms with Gasteiger partial charge in [-0.1, -0.05) is 38.5 Å². The molecule has 0 saturated heterocycles. The number of amides is 1. The lowest BCUT2D eigenvalue weighted by molar-refractivity contribution is -0.146. The fraction of sp³-hybridized carbons (Fsp3) is 0.696. The van der Waals surface area contributed by atoms with Gasteiger partial charge >= 0.3 is 11.7 Å². The molecular formula is C23H37N5O5. The zero-order chi connectivity index (χ0) is 24.4. The van der Waals surface area contributed by atoms with Crippen LogP contribution in [0.3, 0.4) is 0 Å². The molecule has 1 unspecified atom stereocenters. The van der Waals surface area contributed by atoms with E-state index < -0.39 is 12.0 Å². The average Bonchev–Trinajstić information content (AvgIpc) is 3.17. The summed E-state index contributed by atoms with van der Waals surface area (Å²) in [5.74, 6) is -0.533. The average molecular weight is 464 g/mol. The van der Waals surface area contributed by atoms with Gasteiger partial charge in [-0.05, 0) is 26.7 Å². The number of rotatable bonds is 14. The Morgan fingerprint density at radius 2 is 1.64 bits per heavy atom. The van der Waals surface area contributed by atoms with Gasteiger partial charge in [-0.2, -0.15) is 0 Å². The van der Waals surface area contributed by atoms with Gasteiger partial charge in [0, 0.05) is 27.1 Å². The van der Waals surface area contributed by atoms with E-state index in [1.54, 1.807) is 38.8 Å². The standard InChI is InChI=1S/C23H37N5O5/c1-5-33-22(31)17(2)25-18(29)14-12-10-8-6-7-9-11-13-15-28-21(30)19-20(24-16-26(19)3)27(4)23(28)32/h16-17H,5-15H2,1-4H3,(H,25,29). The van der Waals surface area contributed by atoms with Crippen molar-refractivity contribution in [2.45, 2.75) is 84.2 Å². The molecule has 0 aliphatic carbocycles. The number of fused-ring (bicyclic) bond motifs is 1. The summed E-state index contributed by atoms with van der Waals surface area (Å²) in [6.07, 6.45) is 9.72. The maximum absolute atomic E-state index is 12.7. The van der Waals surface area contributed by atoms with Crippen LogP contribution in [0.4, 0.5) is 0 Å². The van der Waals surface area contributed by atoms with E-state index in [9.17, 15) is 19.2 Å². The quantitative estimate of drug-likeness (QED) is 0.338. The lowest BCUT2D eigenvalue weighted by Crippen LogP contribution is -2.39. The minimum absolute atomic E-state index is 0.124. The Bertz CT molecular complexity index is 1050. The molecule has 0 saturated carbocycles. The Morgan fingerprint density at radius 1 is 1.03 bits per heavy atom. The van der Waals surface area contributed by atoms with Gasteiger partial charge in [-0.15, -0.1) is 0 Å². The van der Waals surface area contributed by atoms with Crippen LogP contribution in [0.5, 0.6) is 0 Å². The maximum atomic E-state index is 12.7. The maximum Gasteiger partial charge on any atom is 0.332 e. The van der Waals surface area contributed by atoms with Crippen LogP contribution in [0.15, 0.2) is 15.9 Å². The van der Waals surface area contributed by atoms with Gasteiger partial charge in [0.15, 0.2) is 11.2 Å². The zero-order valence-electron chi connectivity index (χ0n) is 20.3. The van der Waals surface area contributed by atoms with Crippen LogP contribution in [0.1, 0.15) is 71.6 Å². The van der Waals surface area contributed by atoms with Crippen LogP contribution >= 0.6 is 0 Å². The molecule has 184 valence electrons. The van der Waals surface area contributed by atoms with Crippen molar-refractivity contribution in [2.24, 2.45) is 14.1 Å². The summed E-state index contributed by atoms with van der Waals surface area (Å²) in [4.78, 5) is 52.6. The first-order valence-electron chi connectivity index (χ1n) is 11.8. The van der Waals surface area contributed by atoms with Gasteiger partial charge in [-0.3, -0.25) is 18.7 Å². The van der Waals surface area contributed by atoms with Crippen molar-refractivity contribution in [1.82, 2.24) is 24.0 Å². The molecular weight excluding hydrogens is 426 g/mol. The first-order valence-corrected chi connectivity index (χ1v) is 11.8. The van der Waals surface area contributed by atoms with Gasteiger partial charge in [0.2, 0.25) is 5.91 Å². The molecule has 0 aliphatic rings. The summed E-state index contributed by atoms with van der Waals surface area (Å²) in [5, 5.41) is 2.66. The number of aromatic nitrogens is 4. The van der Waals surface area contributed by atoms with Gasteiger partial charge < -0.3 is 14.6 Å². The van der Waals surface area contributed by atoms with Crippen LogP contribution < -0.4 is 16.6 Å². The Morgan fingerprint density at radius 3 is 2.27 bits per heavy atom. The van der Waals surface area contributed by atoms with Crippen LogP contribution in [-0.4, -0.2) is 43.2 Å². The van der Waals surface area contributed by atoms with Crippen molar-refractivity contribution in [1.29, 1.82) is 0 Å². The minimum Gasteiger partial charge on any atom is -0.464 e. The molecule has 2 aromatic heterocycles. The van der Waals surface area contributed by atoms with Crippen LogP contribution in [0.2, 0.25) is 0 Å². The molecule has 0 aliphatic heterocycles. The van der Waals surface area contributed by atoms with Gasteiger partial charge in [-0.25, -0.2) is 14.6 Å². The minimum atomic E-state index is -0.612. The fourth-order valence-electron chi connectivity index (χ4n) is 3.85. The largest absolute Gasteiger partial charge is 0.464 e. The molecule has 2 rings (SSSR count). The van der Waals surface area contributed by atoms with Gasteiger partial charge in [0.25, 0.3) is 5.56 Å². The van der Waals surface area contributed by atoms with Crippen molar-refractivity contribution in [2.75, 3.05) is 6.61 Å². The van der Waals surface area contributed by atoms with Crippen molar-refractivity contribution in [3.8, 4) is 0 Å². The Labute approximate surface area is 193 Å². The number of unbranched alkanes of at least 4 members (excludes halogenated alkanes) is 7. The van der Waals surface area contributed by atoms with Crippen molar-refractivity contribution in [3.63, 3.8) is 0 Å². The molecule has 1 atom stereocenters. The second-order valence-electron chi connectivity index (χ2n) is 8.45. The zero-order valence-corrected chi connectivity index (χ0v) is 20.3. The Hall–Kier alpha value is -2.91. The van der Waals surface area contributed by atoms with Crippen molar-refractivity contribution in [3.05, 3.63) is 27.2 Å². The number of hydrogen-bond donors (Lipinski definition) is 1. The summed E-state index contributed by atoms with van der Waals surface area (Å²) in [6, 6.07) is -0.612. The van der Waals surface area contributed by atoms with Crippen LogP contribution in [0, 0.1) is 0 Å². The number of hydrogen-bond acceptors (Lipinski definition) is 6. The fourth-order valence-corrected chi connectivity index (χ4v) is 3.85. The summed E-state index contributed by atoms with van der Waals surface area (Å²) in [7, 11) is 3.39. The first-order chi connectivity index (χ1) is 15.8. The van der Waals surface area contributed by atoms with E-state index in [2.05, 4.69) is 10.3 Å². The normalized spacial score (nSPS) is 12.1. The summed E-state index contributed by atoms with van der Waals surface area (Å²) >= 11 is 0. The molecule has 1 amide bonds. The molecule has 0 aromatic carbocycles. The highest BCUT2D eigenvalue weighted by Gasteiger charge is 2.16. The van der Waals surface area contributed by atoms with E-state index in [4.69, 9.17) is 4.74 Å². The number of carbonyl (C=O) groups excluding carboxylic acids is 2. The summed E-state index contributed by atoms with van der Waals surface area (Å²) < 4.78 is 9.25. The Kier molecular flexibility index (Phi) is 10.3. The third-order valence-corrected chi connectivity index (χ3v) is 5.75. The summed E-state index contributed by atoms with van der Waals surface area (Å²) in [5.41, 5.74) is 0.247. The van der Waals surface area contributed by atoms with E-state index >= 15 is 0 Å². The molecule has 2 aromatic rings. The molecule has 10 nitrogen and oxygen atoms in total. The molecule has 0 fully saturated rings. The second-order valence-corrected chi connectivity index (χ2v) is 8.45. The molecule has 1 N–H and O–H groups in total. The lowest BCUT2D eigenvalue weighted by Gasteiger charge is -2.12. The Balaban J connectivity index is 1.59. The van der Waals surface area contributed by atoms with Gasteiger partial charge in [0.05, 0.1) is 12.9 Å². The van der Waals surface area contributed by atoms with Crippen LogP contribution in [-0.2, 0) is 35.0 Å². The number of nitrogens with one attached hydrogen (secondary N) is 1. The molecule has 0 bridgehead atoms. The molecule has 0 radical (unpaired) electrons. The SMILES string of the molecule is CCOC(=O)C(C)NC(=O)CCCCCCCCCCn1c(=O)c2c(ncn2C)n(C)c1=O. The van der Waals surface area contributed by atoms with Gasteiger partial charge in [0.1, 0.15) is 6.04 Å². The molecule has 0 spiro atoms. The highest BCUT2D eigenvalue weighted by atomic mass is 16.5. The first kappa shape index (κ1) is 26.3. The number of nitrogens with zero attached hydrogens (tertiary/aromatic N) is 4. The number of aryl methyl sites for hydroxylation is 2. The third kappa shape index (κ3) is 7.30. The predicted octanol–water partition coefficient (Wildman–Crippen LogP) is 2.01. The molecule has 2 heterocycles.